The summed E-state index contributed by atoms with van der Waals surface area (Å²) in [5.41, 5.74) is 6.24. The molecule has 2 aliphatic heterocycles. The van der Waals surface area contributed by atoms with E-state index in [-0.39, 0.29) is 30.9 Å². The number of aryl methyl sites for hydroxylation is 1. The topological polar surface area (TPSA) is 179 Å². The number of nitrogens with one attached hydrogen (secondary N) is 3. The molecule has 4 amide bonds. The molecule has 0 aliphatic carbocycles. The molecule has 1 atom stereocenters. The van der Waals surface area contributed by atoms with Crippen molar-refractivity contribution in [2.24, 2.45) is 10.7 Å². The second kappa shape index (κ2) is 12.4. The molecule has 0 radical (unpaired) electrons. The fraction of sp³-hybridized carbons (Fsp3) is 0.520. The van der Waals surface area contributed by atoms with Gasteiger partial charge in [0.2, 0.25) is 27.8 Å². The molecule has 3 heterocycles. The van der Waals surface area contributed by atoms with Gasteiger partial charge in [-0.2, -0.15) is 0 Å². The van der Waals surface area contributed by atoms with Crippen LogP contribution in [-0.4, -0.2) is 86.5 Å². The van der Waals surface area contributed by atoms with E-state index in [1.807, 2.05) is 13.0 Å². The van der Waals surface area contributed by atoms with Crippen LogP contribution in [0.5, 0.6) is 0 Å². The number of hydrogen-bond donors (Lipinski definition) is 4. The molecular formula is C25H35N7O6S. The summed E-state index contributed by atoms with van der Waals surface area (Å²) in [6.07, 6.45) is 3.73. The molecule has 1 unspecified atom stereocenters. The Morgan fingerprint density at radius 2 is 1.87 bits per heavy atom. The van der Waals surface area contributed by atoms with E-state index >= 15 is 0 Å². The number of aliphatic imine (C=N–C) groups is 1. The third-order valence-electron chi connectivity index (χ3n) is 6.65. The van der Waals surface area contributed by atoms with Crippen molar-refractivity contribution in [2.45, 2.75) is 45.1 Å². The lowest BCUT2D eigenvalue weighted by Gasteiger charge is -2.25. The van der Waals surface area contributed by atoms with Crippen molar-refractivity contribution < 1.29 is 27.2 Å². The van der Waals surface area contributed by atoms with Gasteiger partial charge in [0.05, 0.1) is 12.3 Å². The summed E-state index contributed by atoms with van der Waals surface area (Å²) in [6, 6.07) is 5.36. The van der Waals surface area contributed by atoms with E-state index in [0.717, 1.165) is 30.4 Å². The number of carbonyl (C=O) groups excluding carboxylic acids is 3. The summed E-state index contributed by atoms with van der Waals surface area (Å²) in [5, 5.41) is 6.04. The molecule has 39 heavy (non-hydrogen) atoms. The quantitative estimate of drug-likeness (QED) is 0.275. The van der Waals surface area contributed by atoms with Crippen molar-refractivity contribution >= 4 is 50.5 Å². The Labute approximate surface area is 227 Å². The summed E-state index contributed by atoms with van der Waals surface area (Å²) in [5.74, 6) is -0.276. The number of nitrogens with two attached hydrogens (primary N) is 1. The highest BCUT2D eigenvalue weighted by Gasteiger charge is 2.30. The molecule has 5 N–H and O–H groups in total. The molecule has 2 aromatic rings. The highest BCUT2D eigenvalue weighted by molar-refractivity contribution is 7.90. The van der Waals surface area contributed by atoms with Crippen LogP contribution < -0.4 is 21.1 Å². The van der Waals surface area contributed by atoms with Crippen LogP contribution >= 0.6 is 0 Å². The Kier molecular flexibility index (Phi) is 8.94. The van der Waals surface area contributed by atoms with Crippen LogP contribution in [0.1, 0.15) is 37.9 Å². The maximum Gasteiger partial charge on any atom is 0.312 e. The molecular weight excluding hydrogens is 526 g/mol. The Bertz CT molecular complexity index is 1350. The first-order chi connectivity index (χ1) is 18.6. The first-order valence-electron chi connectivity index (χ1n) is 13.0. The minimum atomic E-state index is -3.97. The number of fused-ring (bicyclic) bond motifs is 1. The first kappa shape index (κ1) is 28.2. The monoisotopic (exact) mass is 561 g/mol. The average Bonchev–Trinajstić information content (AvgIpc) is 3.49. The molecule has 13 nitrogen and oxygen atoms in total. The molecule has 2 fully saturated rings. The van der Waals surface area contributed by atoms with Crippen LogP contribution in [0.15, 0.2) is 33.7 Å². The lowest BCUT2D eigenvalue weighted by molar-refractivity contribution is -0.140. The van der Waals surface area contributed by atoms with Crippen LogP contribution in [0.3, 0.4) is 0 Å². The van der Waals surface area contributed by atoms with Gasteiger partial charge in [-0.1, -0.05) is 0 Å². The van der Waals surface area contributed by atoms with Crippen LogP contribution in [0.2, 0.25) is 0 Å². The molecule has 0 saturated carbocycles. The van der Waals surface area contributed by atoms with E-state index in [2.05, 4.69) is 20.3 Å². The highest BCUT2D eigenvalue weighted by atomic mass is 32.2. The summed E-state index contributed by atoms with van der Waals surface area (Å²) < 4.78 is 33.6. The average molecular weight is 562 g/mol. The number of primary amides is 1. The second-order valence-corrected chi connectivity index (χ2v) is 11.6. The molecule has 0 bridgehead atoms. The van der Waals surface area contributed by atoms with Crippen molar-refractivity contribution in [2.75, 3.05) is 43.8 Å². The predicted molar refractivity (Wildman–Crippen MR) is 147 cm³/mol. The number of urea groups is 1. The summed E-state index contributed by atoms with van der Waals surface area (Å²) in [4.78, 5) is 44.9. The molecule has 2 saturated heterocycles. The van der Waals surface area contributed by atoms with E-state index < -0.39 is 27.8 Å². The van der Waals surface area contributed by atoms with Gasteiger partial charge in [0.1, 0.15) is 17.4 Å². The van der Waals surface area contributed by atoms with Gasteiger partial charge >= 0.3 is 6.03 Å². The number of sulfonamides is 1. The molecule has 212 valence electrons. The van der Waals surface area contributed by atoms with Crippen molar-refractivity contribution in [3.63, 3.8) is 0 Å². The minimum Gasteiger partial charge on any atom is -0.461 e. The standard InChI is InChI=1S/C25H35N7O6S/c1-17-14-18-15-19(7-8-21(18)38-17)28-25(30-39(36,37)13-9-27-24(26)35)29-20-6-2-3-12-32(23(20)34)16-22(33)31-10-4-5-11-31/h7-8,14-15,20H,2-6,9-13,16H2,1H3,(H3,26,27,35)(H2,28,29,30). The third kappa shape index (κ3) is 7.85. The van der Waals surface area contributed by atoms with E-state index in [9.17, 15) is 22.8 Å². The number of hydrogen-bond acceptors (Lipinski definition) is 7. The van der Waals surface area contributed by atoms with Gasteiger partial charge in [-0.15, -0.1) is 0 Å². The Morgan fingerprint density at radius 1 is 1.13 bits per heavy atom. The van der Waals surface area contributed by atoms with Crippen molar-refractivity contribution in [3.8, 4) is 0 Å². The zero-order valence-electron chi connectivity index (χ0n) is 21.9. The van der Waals surface area contributed by atoms with Gasteiger partial charge < -0.3 is 30.6 Å². The van der Waals surface area contributed by atoms with Gasteiger partial charge in [-0.05, 0) is 63.3 Å². The Hall–Kier alpha value is -3.81. The fourth-order valence-electron chi connectivity index (χ4n) is 4.73. The van der Waals surface area contributed by atoms with Crippen LogP contribution in [0.25, 0.3) is 11.0 Å². The molecule has 4 rings (SSSR count). The molecule has 0 spiro atoms. The van der Waals surface area contributed by atoms with Crippen molar-refractivity contribution in [1.29, 1.82) is 0 Å². The van der Waals surface area contributed by atoms with Crippen LogP contribution in [0.4, 0.5) is 10.5 Å². The second-order valence-electron chi connectivity index (χ2n) is 9.78. The number of nitrogens with zero attached hydrogens (tertiary/aromatic N) is 3. The number of furan rings is 1. The third-order valence-corrected chi connectivity index (χ3v) is 7.89. The van der Waals surface area contributed by atoms with Gasteiger partial charge in [0.25, 0.3) is 0 Å². The van der Waals surface area contributed by atoms with Gasteiger partial charge in [-0.3, -0.25) is 14.3 Å². The molecule has 14 heteroatoms. The highest BCUT2D eigenvalue weighted by Crippen LogP contribution is 2.23. The van der Waals surface area contributed by atoms with Crippen LogP contribution in [0, 0.1) is 6.92 Å². The fourth-order valence-corrected chi connectivity index (χ4v) is 5.60. The summed E-state index contributed by atoms with van der Waals surface area (Å²) in [7, 11) is -3.97. The van der Waals surface area contributed by atoms with E-state index in [0.29, 0.717) is 43.7 Å². The molecule has 1 aromatic heterocycles. The largest absolute Gasteiger partial charge is 0.461 e. The predicted octanol–water partition coefficient (Wildman–Crippen LogP) is 1.10. The normalized spacial score (nSPS) is 18.7. The summed E-state index contributed by atoms with van der Waals surface area (Å²) >= 11 is 0. The number of guanidine groups is 1. The van der Waals surface area contributed by atoms with Gasteiger partial charge in [0, 0.05) is 37.3 Å². The molecule has 1 aromatic carbocycles. The summed E-state index contributed by atoms with van der Waals surface area (Å²) in [6.45, 7) is 3.44. The Morgan fingerprint density at radius 3 is 2.62 bits per heavy atom. The van der Waals surface area contributed by atoms with Gasteiger partial charge in [0.15, 0.2) is 0 Å². The number of benzene rings is 1. The number of anilines is 1. The number of amides is 4. The number of carbonyl (C=O) groups is 3. The first-order valence-corrected chi connectivity index (χ1v) is 14.7. The van der Waals surface area contributed by atoms with Crippen LogP contribution in [-0.2, 0) is 19.6 Å². The van der Waals surface area contributed by atoms with E-state index in [4.69, 9.17) is 10.2 Å². The van der Waals surface area contributed by atoms with Crippen molar-refractivity contribution in [1.82, 2.24) is 19.8 Å². The minimum absolute atomic E-state index is 0.0192. The number of likely N-dealkylation sites (tertiary alicyclic amines) is 2. The maximum atomic E-state index is 13.4. The SMILES string of the molecule is Cc1cc2cc(NC(=NC3CCCCN(CC(=O)N4CCCC4)C3=O)NS(=O)(=O)CCNC(N)=O)ccc2o1. The zero-order chi connectivity index (χ0) is 28.0. The van der Waals surface area contributed by atoms with Gasteiger partial charge in [-0.25, -0.2) is 18.2 Å². The maximum absolute atomic E-state index is 13.4. The number of rotatable bonds is 8. The zero-order valence-corrected chi connectivity index (χ0v) is 22.8. The lowest BCUT2D eigenvalue weighted by atomic mass is 10.1. The van der Waals surface area contributed by atoms with E-state index in [1.165, 1.54) is 4.90 Å². The van der Waals surface area contributed by atoms with E-state index in [1.54, 1.807) is 23.1 Å². The van der Waals surface area contributed by atoms with Crippen molar-refractivity contribution in [3.05, 3.63) is 30.0 Å². The smallest absolute Gasteiger partial charge is 0.312 e. The Balaban J connectivity index is 1.56. The molecule has 2 aliphatic rings. The lowest BCUT2D eigenvalue weighted by Crippen LogP contribution is -2.46.